The first-order valence-electron chi connectivity index (χ1n) is 4.51. The number of anilines is 1. The summed E-state index contributed by atoms with van der Waals surface area (Å²) in [6.45, 7) is 0.0260. The minimum absolute atomic E-state index is 0.0260. The van der Waals surface area contributed by atoms with Crippen LogP contribution in [0, 0.1) is 4.91 Å². The number of carbonyl (C=O) groups excluding carboxylic acids is 1. The van der Waals surface area contributed by atoms with Crippen molar-refractivity contribution in [1.82, 2.24) is 5.01 Å². The van der Waals surface area contributed by atoms with Crippen LogP contribution in [0.3, 0.4) is 0 Å². The molecular weight excluding hydrogens is 288 g/mol. The summed E-state index contributed by atoms with van der Waals surface area (Å²) >= 11 is 16.9. The van der Waals surface area contributed by atoms with Gasteiger partial charge < -0.3 is 5.32 Å². The van der Waals surface area contributed by atoms with Gasteiger partial charge in [-0.15, -0.1) is 16.5 Å². The summed E-state index contributed by atoms with van der Waals surface area (Å²) in [7, 11) is 0. The van der Waals surface area contributed by atoms with Gasteiger partial charge in [0.15, 0.2) is 0 Å². The molecule has 0 fully saturated rings. The molecule has 17 heavy (non-hydrogen) atoms. The van der Waals surface area contributed by atoms with Crippen LogP contribution in [-0.4, -0.2) is 23.5 Å². The monoisotopic (exact) mass is 295 g/mol. The van der Waals surface area contributed by atoms with E-state index >= 15 is 0 Å². The molecule has 0 radical (unpaired) electrons. The summed E-state index contributed by atoms with van der Waals surface area (Å²) in [5.41, 5.74) is 0.410. The van der Waals surface area contributed by atoms with Gasteiger partial charge in [-0.25, -0.2) is 4.79 Å². The van der Waals surface area contributed by atoms with E-state index in [1.807, 2.05) is 0 Å². The molecule has 0 saturated carbocycles. The first-order chi connectivity index (χ1) is 8.08. The van der Waals surface area contributed by atoms with Gasteiger partial charge in [0, 0.05) is 11.6 Å². The van der Waals surface area contributed by atoms with Crippen LogP contribution >= 0.6 is 34.8 Å². The fraction of sp³-hybridized carbons (Fsp3) is 0.222. The summed E-state index contributed by atoms with van der Waals surface area (Å²) in [4.78, 5) is 21.9. The second-order valence-electron chi connectivity index (χ2n) is 2.95. The van der Waals surface area contributed by atoms with Crippen LogP contribution in [0.5, 0.6) is 0 Å². The Hall–Kier alpha value is -1.04. The summed E-state index contributed by atoms with van der Waals surface area (Å²) in [5, 5.41) is 6.32. The maximum Gasteiger partial charge on any atom is 0.344 e. The van der Waals surface area contributed by atoms with E-state index in [1.54, 1.807) is 6.07 Å². The lowest BCUT2D eigenvalue weighted by Gasteiger charge is -2.13. The Morgan fingerprint density at radius 3 is 2.59 bits per heavy atom. The van der Waals surface area contributed by atoms with Crippen LogP contribution < -0.4 is 5.32 Å². The van der Waals surface area contributed by atoms with Gasteiger partial charge in [0.25, 0.3) is 0 Å². The van der Waals surface area contributed by atoms with E-state index in [2.05, 4.69) is 10.6 Å². The lowest BCUT2D eigenvalue weighted by Crippen LogP contribution is -2.31. The molecule has 1 N–H and O–H groups in total. The predicted octanol–water partition coefficient (Wildman–Crippen LogP) is 3.75. The number of alkyl halides is 1. The van der Waals surface area contributed by atoms with E-state index in [0.29, 0.717) is 20.7 Å². The molecule has 92 valence electrons. The smallest absolute Gasteiger partial charge is 0.306 e. The molecule has 1 aromatic carbocycles. The molecule has 0 atom stereocenters. The van der Waals surface area contributed by atoms with Gasteiger partial charge in [-0.3, -0.25) is 0 Å². The second kappa shape index (κ2) is 6.64. The van der Waals surface area contributed by atoms with Gasteiger partial charge in [-0.05, 0) is 18.2 Å². The van der Waals surface area contributed by atoms with Crippen molar-refractivity contribution in [3.8, 4) is 0 Å². The van der Waals surface area contributed by atoms with Crippen LogP contribution in [-0.2, 0) is 0 Å². The van der Waals surface area contributed by atoms with E-state index in [1.165, 1.54) is 12.1 Å². The molecule has 1 aromatic rings. The first kappa shape index (κ1) is 14.0. The van der Waals surface area contributed by atoms with Crippen molar-refractivity contribution in [2.24, 2.45) is 5.29 Å². The molecule has 2 amide bonds. The Morgan fingerprint density at radius 1 is 1.35 bits per heavy atom. The highest BCUT2D eigenvalue weighted by atomic mass is 35.5. The fourth-order valence-electron chi connectivity index (χ4n) is 1.02. The highest BCUT2D eigenvalue weighted by Crippen LogP contribution is 2.25. The summed E-state index contributed by atoms with van der Waals surface area (Å²) in [5.74, 6) is 0.112. The average molecular weight is 297 g/mol. The molecule has 0 aliphatic rings. The lowest BCUT2D eigenvalue weighted by atomic mass is 10.3. The molecule has 0 aromatic heterocycles. The number of benzene rings is 1. The molecule has 5 nitrogen and oxygen atoms in total. The van der Waals surface area contributed by atoms with Gasteiger partial charge in [0.1, 0.15) is 0 Å². The molecule has 0 unspecified atom stereocenters. The number of nitrogens with one attached hydrogen (secondary N) is 1. The largest absolute Gasteiger partial charge is 0.344 e. The second-order valence-corrected chi connectivity index (χ2v) is 4.15. The predicted molar refractivity (Wildman–Crippen MR) is 68.7 cm³/mol. The highest BCUT2D eigenvalue weighted by molar-refractivity contribution is 6.42. The van der Waals surface area contributed by atoms with Crippen LogP contribution in [0.1, 0.15) is 0 Å². The lowest BCUT2D eigenvalue weighted by molar-refractivity contribution is 0.216. The number of nitroso groups, excluding NO2 is 1. The number of amides is 2. The molecule has 1 rings (SSSR count). The number of nitrogens with zero attached hydrogens (tertiary/aromatic N) is 2. The van der Waals surface area contributed by atoms with E-state index in [0.717, 1.165) is 0 Å². The third-order valence-electron chi connectivity index (χ3n) is 1.80. The van der Waals surface area contributed by atoms with Crippen LogP contribution in [0.15, 0.2) is 23.5 Å². The topological polar surface area (TPSA) is 61.8 Å². The number of carbonyl (C=O) groups is 1. The van der Waals surface area contributed by atoms with Crippen molar-refractivity contribution in [3.63, 3.8) is 0 Å². The highest BCUT2D eigenvalue weighted by Gasteiger charge is 2.13. The van der Waals surface area contributed by atoms with Gasteiger partial charge >= 0.3 is 6.03 Å². The number of rotatable bonds is 4. The third kappa shape index (κ3) is 4.03. The maximum atomic E-state index is 11.5. The van der Waals surface area contributed by atoms with Crippen molar-refractivity contribution in [3.05, 3.63) is 33.2 Å². The summed E-state index contributed by atoms with van der Waals surface area (Å²) < 4.78 is 0. The van der Waals surface area contributed by atoms with Gasteiger partial charge in [-0.1, -0.05) is 23.2 Å². The van der Waals surface area contributed by atoms with Crippen LogP contribution in [0.25, 0.3) is 0 Å². The zero-order chi connectivity index (χ0) is 12.8. The number of hydrogen-bond acceptors (Lipinski definition) is 3. The zero-order valence-electron chi connectivity index (χ0n) is 8.49. The number of hydrogen-bond donors (Lipinski definition) is 1. The molecular formula is C9H8Cl3N3O2. The Balaban J connectivity index is 2.73. The molecule has 0 saturated heterocycles. The number of urea groups is 1. The normalized spacial score (nSPS) is 9.82. The van der Waals surface area contributed by atoms with Gasteiger partial charge in [0.2, 0.25) is 0 Å². The van der Waals surface area contributed by atoms with Crippen molar-refractivity contribution < 1.29 is 4.79 Å². The maximum absolute atomic E-state index is 11.5. The molecule has 0 bridgehead atoms. The van der Waals surface area contributed by atoms with E-state index in [-0.39, 0.29) is 12.4 Å². The van der Waals surface area contributed by atoms with E-state index < -0.39 is 6.03 Å². The average Bonchev–Trinajstić information content (AvgIpc) is 2.30. The van der Waals surface area contributed by atoms with Crippen molar-refractivity contribution in [2.75, 3.05) is 17.7 Å². The Kier molecular flexibility index (Phi) is 5.47. The molecule has 0 aliphatic carbocycles. The Bertz CT molecular complexity index is 428. The molecule has 8 heteroatoms. The van der Waals surface area contributed by atoms with Crippen LogP contribution in [0.4, 0.5) is 10.5 Å². The third-order valence-corrected chi connectivity index (χ3v) is 2.71. The van der Waals surface area contributed by atoms with Gasteiger partial charge in [-0.2, -0.15) is 5.01 Å². The fourth-order valence-corrected chi connectivity index (χ4v) is 1.48. The van der Waals surface area contributed by atoms with E-state index in [9.17, 15) is 9.70 Å². The Labute approximate surface area is 113 Å². The minimum atomic E-state index is -0.681. The Morgan fingerprint density at radius 2 is 2.06 bits per heavy atom. The minimum Gasteiger partial charge on any atom is -0.306 e. The van der Waals surface area contributed by atoms with Gasteiger partial charge in [0.05, 0.1) is 21.9 Å². The molecule has 0 spiro atoms. The quantitative estimate of drug-likeness (QED) is 0.522. The number of halogens is 3. The molecule has 0 aliphatic heterocycles. The molecule has 0 heterocycles. The SMILES string of the molecule is O=NN(CCCl)C(=O)Nc1ccc(Cl)c(Cl)c1. The standard InChI is InChI=1S/C9H8Cl3N3O2/c10-3-4-15(14-17)9(16)13-6-1-2-7(11)8(12)5-6/h1-2,5H,3-4H2,(H,13,16). The first-order valence-corrected chi connectivity index (χ1v) is 5.80. The van der Waals surface area contributed by atoms with E-state index in [4.69, 9.17) is 34.8 Å². The van der Waals surface area contributed by atoms with Crippen molar-refractivity contribution in [1.29, 1.82) is 0 Å². The van der Waals surface area contributed by atoms with Crippen LogP contribution in [0.2, 0.25) is 10.0 Å². The summed E-state index contributed by atoms with van der Waals surface area (Å²) in [6, 6.07) is 3.86. The van der Waals surface area contributed by atoms with Crippen molar-refractivity contribution in [2.45, 2.75) is 0 Å². The van der Waals surface area contributed by atoms with Crippen molar-refractivity contribution >= 4 is 46.5 Å². The summed E-state index contributed by atoms with van der Waals surface area (Å²) in [6.07, 6.45) is 0. The zero-order valence-corrected chi connectivity index (χ0v) is 10.8.